The lowest BCUT2D eigenvalue weighted by Crippen LogP contribution is -2.52. The average Bonchev–Trinajstić information content (AvgIpc) is 3.11. The normalized spacial score (nSPS) is 32.8. The number of carbonyl (C=O) groups excluding carboxylic acids is 2. The van der Waals surface area contributed by atoms with Crippen molar-refractivity contribution in [3.63, 3.8) is 0 Å². The number of hydrogen-bond acceptors (Lipinski definition) is 6. The molecule has 2 unspecified atom stereocenters. The minimum Gasteiger partial charge on any atom is -0.466 e. The average molecular weight is 520 g/mol. The number of ketones is 1. The highest BCUT2D eigenvalue weighted by molar-refractivity contribution is 5.97. The van der Waals surface area contributed by atoms with E-state index in [2.05, 4.69) is 16.8 Å². The standard InChI is InChI=1S/C31H41N3O4/c1-3-38-29(36)12-11-28(35)30-31(37)34(25-9-5-4-8-24(25)32-30)27-18-22-7-6-10-26(27)33(22)23-16-20-13-19(2)14-21(15-20)17-23/h4-5,8-9,19-23,26-27H,3,6-7,10-18H2,1-2H3/t19?,20?,21?,22-,23?,26+,27+/m0/s1. The van der Waals surface area contributed by atoms with Crippen LogP contribution in [-0.2, 0) is 9.53 Å². The molecule has 2 aromatic rings. The van der Waals surface area contributed by atoms with Crippen LogP contribution in [0.5, 0.6) is 0 Å². The Kier molecular flexibility index (Phi) is 7.14. The third-order valence-electron chi connectivity index (χ3n) is 9.82. The van der Waals surface area contributed by atoms with Crippen molar-refractivity contribution in [2.45, 2.75) is 109 Å². The van der Waals surface area contributed by atoms with Gasteiger partial charge in [-0.3, -0.25) is 19.3 Å². The van der Waals surface area contributed by atoms with Gasteiger partial charge < -0.3 is 9.30 Å². The summed E-state index contributed by atoms with van der Waals surface area (Å²) in [7, 11) is 0. The second kappa shape index (κ2) is 10.6. The number of rotatable bonds is 7. The van der Waals surface area contributed by atoms with E-state index >= 15 is 0 Å². The summed E-state index contributed by atoms with van der Waals surface area (Å²) in [6.07, 6.45) is 11.1. The van der Waals surface area contributed by atoms with E-state index in [9.17, 15) is 14.4 Å². The highest BCUT2D eigenvalue weighted by Gasteiger charge is 2.50. The van der Waals surface area contributed by atoms with Gasteiger partial charge >= 0.3 is 5.97 Å². The van der Waals surface area contributed by atoms with Crippen molar-refractivity contribution in [2.75, 3.05) is 6.61 Å². The maximum atomic E-state index is 14.0. The zero-order valence-corrected chi connectivity index (χ0v) is 22.8. The lowest BCUT2D eigenvalue weighted by molar-refractivity contribution is -0.143. The molecule has 0 amide bonds. The molecule has 2 saturated heterocycles. The van der Waals surface area contributed by atoms with E-state index in [0.717, 1.165) is 36.1 Å². The predicted octanol–water partition coefficient (Wildman–Crippen LogP) is 5.31. The molecule has 2 saturated carbocycles. The minimum atomic E-state index is -0.422. The molecule has 38 heavy (non-hydrogen) atoms. The summed E-state index contributed by atoms with van der Waals surface area (Å²) in [6.45, 7) is 4.44. The topological polar surface area (TPSA) is 81.5 Å². The fourth-order valence-corrected chi connectivity index (χ4v) is 8.67. The summed E-state index contributed by atoms with van der Waals surface area (Å²) in [4.78, 5) is 46.4. The summed E-state index contributed by atoms with van der Waals surface area (Å²) in [6, 6.07) is 9.18. The summed E-state index contributed by atoms with van der Waals surface area (Å²) in [5.41, 5.74) is 1.14. The number of esters is 1. The van der Waals surface area contributed by atoms with Crippen LogP contribution in [0.1, 0.15) is 101 Å². The SMILES string of the molecule is CCOC(=O)CCC(=O)c1nc2ccccc2n([C@@H]2C[C@@H]3CCC[C@H]2N3C2CC3CC(C)CC(C3)C2)c1=O. The molecule has 3 heterocycles. The van der Waals surface area contributed by atoms with Crippen molar-refractivity contribution < 1.29 is 14.3 Å². The van der Waals surface area contributed by atoms with Crippen molar-refractivity contribution in [3.05, 3.63) is 40.3 Å². The number of ether oxygens (including phenoxy) is 1. The van der Waals surface area contributed by atoms with Gasteiger partial charge in [0.1, 0.15) is 0 Å². The number of carbonyl (C=O) groups is 2. The molecule has 6 rings (SSSR count). The van der Waals surface area contributed by atoms with Gasteiger partial charge in [0.05, 0.1) is 30.1 Å². The van der Waals surface area contributed by atoms with E-state index in [1.54, 1.807) is 6.92 Å². The van der Waals surface area contributed by atoms with Crippen molar-refractivity contribution in [1.29, 1.82) is 0 Å². The van der Waals surface area contributed by atoms with Gasteiger partial charge in [-0.2, -0.15) is 0 Å². The molecule has 4 bridgehead atoms. The molecule has 5 atom stereocenters. The third kappa shape index (κ3) is 4.72. The highest BCUT2D eigenvalue weighted by atomic mass is 16.5. The number of aromatic nitrogens is 2. The number of hydrogen-bond donors (Lipinski definition) is 0. The molecule has 2 aliphatic heterocycles. The minimum absolute atomic E-state index is 0.0366. The monoisotopic (exact) mass is 519 g/mol. The summed E-state index contributed by atoms with van der Waals surface area (Å²) in [5, 5.41) is 0. The first kappa shape index (κ1) is 25.7. The zero-order valence-electron chi connectivity index (χ0n) is 22.8. The van der Waals surface area contributed by atoms with Gasteiger partial charge in [-0.1, -0.05) is 25.5 Å². The smallest absolute Gasteiger partial charge is 0.306 e. The first-order valence-electron chi connectivity index (χ1n) is 14.9. The van der Waals surface area contributed by atoms with Gasteiger partial charge in [-0.15, -0.1) is 0 Å². The Morgan fingerprint density at radius 3 is 2.47 bits per heavy atom. The fourth-order valence-electron chi connectivity index (χ4n) is 8.67. The van der Waals surface area contributed by atoms with E-state index in [1.165, 1.54) is 44.9 Å². The van der Waals surface area contributed by atoms with Gasteiger partial charge in [0.2, 0.25) is 0 Å². The number of Topliss-reactive ketones (excluding diaryl/α,β-unsaturated/α-hetero) is 1. The van der Waals surface area contributed by atoms with Crippen LogP contribution in [0.15, 0.2) is 29.1 Å². The van der Waals surface area contributed by atoms with Crippen LogP contribution in [0, 0.1) is 17.8 Å². The summed E-state index contributed by atoms with van der Waals surface area (Å²) < 4.78 is 6.89. The molecule has 1 aromatic carbocycles. The van der Waals surface area contributed by atoms with E-state index in [0.29, 0.717) is 23.6 Å². The van der Waals surface area contributed by atoms with Crippen LogP contribution in [0.3, 0.4) is 0 Å². The Labute approximate surface area is 224 Å². The Morgan fingerprint density at radius 2 is 1.71 bits per heavy atom. The molecule has 4 aliphatic rings. The second-order valence-electron chi connectivity index (χ2n) is 12.4. The van der Waals surface area contributed by atoms with Crippen LogP contribution < -0.4 is 5.56 Å². The molecule has 0 N–H and O–H groups in total. The molecule has 2 aliphatic carbocycles. The summed E-state index contributed by atoms with van der Waals surface area (Å²) >= 11 is 0. The molecular weight excluding hydrogens is 478 g/mol. The van der Waals surface area contributed by atoms with Gasteiger partial charge in [-0.25, -0.2) is 4.98 Å². The molecular formula is C31H41N3O4. The number of piperidine rings is 1. The molecule has 7 heteroatoms. The van der Waals surface area contributed by atoms with Crippen molar-refractivity contribution >= 4 is 22.8 Å². The van der Waals surface area contributed by atoms with Crippen LogP contribution in [0.25, 0.3) is 11.0 Å². The van der Waals surface area contributed by atoms with Crippen LogP contribution in [0.2, 0.25) is 0 Å². The Morgan fingerprint density at radius 1 is 0.947 bits per heavy atom. The Balaban J connectivity index is 1.33. The molecule has 0 radical (unpaired) electrons. The number of benzene rings is 1. The molecule has 7 nitrogen and oxygen atoms in total. The number of nitrogens with zero attached hydrogens (tertiary/aromatic N) is 3. The maximum Gasteiger partial charge on any atom is 0.306 e. The first-order valence-corrected chi connectivity index (χ1v) is 14.9. The molecule has 0 spiro atoms. The quantitative estimate of drug-likeness (QED) is 0.365. The van der Waals surface area contributed by atoms with Gasteiger partial charge in [0, 0.05) is 24.5 Å². The van der Waals surface area contributed by atoms with Crippen LogP contribution >= 0.6 is 0 Å². The Hall–Kier alpha value is -2.54. The largest absolute Gasteiger partial charge is 0.466 e. The second-order valence-corrected chi connectivity index (χ2v) is 12.4. The van der Waals surface area contributed by atoms with E-state index < -0.39 is 5.97 Å². The zero-order chi connectivity index (χ0) is 26.4. The third-order valence-corrected chi connectivity index (χ3v) is 9.82. The highest BCUT2D eigenvalue weighted by Crippen LogP contribution is 2.50. The Bertz CT molecular complexity index is 1250. The van der Waals surface area contributed by atoms with Gasteiger partial charge in [0.25, 0.3) is 5.56 Å². The van der Waals surface area contributed by atoms with Crippen LogP contribution in [0.4, 0.5) is 0 Å². The lowest BCUT2D eigenvalue weighted by atomic mass is 9.66. The van der Waals surface area contributed by atoms with Crippen molar-refractivity contribution in [2.24, 2.45) is 17.8 Å². The van der Waals surface area contributed by atoms with Crippen molar-refractivity contribution in [1.82, 2.24) is 14.5 Å². The molecule has 4 fully saturated rings. The first-order chi connectivity index (χ1) is 18.4. The van der Waals surface area contributed by atoms with E-state index in [-0.39, 0.29) is 42.5 Å². The maximum absolute atomic E-state index is 14.0. The predicted molar refractivity (Wildman–Crippen MR) is 146 cm³/mol. The van der Waals surface area contributed by atoms with Gasteiger partial charge in [-0.05, 0) is 88.2 Å². The fraction of sp³-hybridized carbons (Fsp3) is 0.677. The van der Waals surface area contributed by atoms with Gasteiger partial charge in [0.15, 0.2) is 11.5 Å². The van der Waals surface area contributed by atoms with Crippen molar-refractivity contribution in [3.8, 4) is 0 Å². The number of para-hydroxylation sites is 2. The molecule has 204 valence electrons. The lowest BCUT2D eigenvalue weighted by Gasteiger charge is -2.49. The van der Waals surface area contributed by atoms with E-state index in [1.807, 2.05) is 28.8 Å². The van der Waals surface area contributed by atoms with Crippen LogP contribution in [-0.4, -0.2) is 50.9 Å². The number of fused-ring (bicyclic) bond motifs is 5. The van der Waals surface area contributed by atoms with E-state index in [4.69, 9.17) is 4.74 Å². The molecule has 1 aromatic heterocycles. The summed E-state index contributed by atoms with van der Waals surface area (Å²) in [5.74, 6) is 1.74.